The van der Waals surface area contributed by atoms with Crippen LogP contribution in [0.15, 0.2) is 42.5 Å². The van der Waals surface area contributed by atoms with Gasteiger partial charge in [-0.3, -0.25) is 4.79 Å². The molecule has 0 aromatic heterocycles. The van der Waals surface area contributed by atoms with E-state index in [1.807, 2.05) is 0 Å². The van der Waals surface area contributed by atoms with Crippen LogP contribution in [0.4, 0.5) is 5.69 Å². The standard InChI is InChI=1S/C13H9Cl2NO2/c14-9-3-1-8(2-4-9)13(18)16-11-7-10(15)5-6-12(11)17/h1-7,17H,(H,16,18). The van der Waals surface area contributed by atoms with Crippen molar-refractivity contribution in [2.45, 2.75) is 0 Å². The number of halogens is 2. The lowest BCUT2D eigenvalue weighted by molar-refractivity contribution is 0.102. The first-order valence-electron chi connectivity index (χ1n) is 5.12. The Kier molecular flexibility index (Phi) is 3.75. The third-order valence-electron chi connectivity index (χ3n) is 2.31. The van der Waals surface area contributed by atoms with E-state index in [4.69, 9.17) is 23.2 Å². The minimum Gasteiger partial charge on any atom is -0.506 e. The van der Waals surface area contributed by atoms with E-state index in [1.54, 1.807) is 24.3 Å². The SMILES string of the molecule is O=C(Nc1cc(Cl)ccc1O)c1ccc(Cl)cc1. The maximum atomic E-state index is 11.9. The van der Waals surface area contributed by atoms with Crippen LogP contribution in [0.2, 0.25) is 10.0 Å². The van der Waals surface area contributed by atoms with E-state index in [2.05, 4.69) is 5.32 Å². The van der Waals surface area contributed by atoms with Crippen molar-refractivity contribution in [3.05, 3.63) is 58.1 Å². The number of amides is 1. The zero-order valence-electron chi connectivity index (χ0n) is 9.15. The highest BCUT2D eigenvalue weighted by molar-refractivity contribution is 6.31. The Morgan fingerprint density at radius 2 is 1.61 bits per heavy atom. The molecule has 0 aliphatic rings. The van der Waals surface area contributed by atoms with Crippen molar-refractivity contribution in [3.63, 3.8) is 0 Å². The molecule has 0 unspecified atom stereocenters. The molecule has 0 saturated carbocycles. The van der Waals surface area contributed by atoms with Crippen LogP contribution in [0.3, 0.4) is 0 Å². The van der Waals surface area contributed by atoms with E-state index in [-0.39, 0.29) is 17.3 Å². The maximum Gasteiger partial charge on any atom is 0.255 e. The predicted molar refractivity (Wildman–Crippen MR) is 72.5 cm³/mol. The van der Waals surface area contributed by atoms with Gasteiger partial charge in [-0.1, -0.05) is 23.2 Å². The number of carbonyl (C=O) groups excluding carboxylic acids is 1. The lowest BCUT2D eigenvalue weighted by Crippen LogP contribution is -2.11. The molecule has 2 rings (SSSR count). The van der Waals surface area contributed by atoms with E-state index in [1.165, 1.54) is 18.2 Å². The summed E-state index contributed by atoms with van der Waals surface area (Å²) in [6, 6.07) is 10.9. The van der Waals surface area contributed by atoms with E-state index >= 15 is 0 Å². The Bertz CT molecular complexity index is 582. The van der Waals surface area contributed by atoms with Gasteiger partial charge in [0.25, 0.3) is 5.91 Å². The van der Waals surface area contributed by atoms with Gasteiger partial charge in [-0.05, 0) is 42.5 Å². The van der Waals surface area contributed by atoms with Crippen molar-refractivity contribution < 1.29 is 9.90 Å². The van der Waals surface area contributed by atoms with Crippen LogP contribution in [0.25, 0.3) is 0 Å². The molecule has 2 aromatic rings. The zero-order valence-corrected chi connectivity index (χ0v) is 10.7. The molecule has 0 atom stereocenters. The van der Waals surface area contributed by atoms with E-state index < -0.39 is 0 Å². The Morgan fingerprint density at radius 3 is 2.28 bits per heavy atom. The average Bonchev–Trinajstić information content (AvgIpc) is 2.34. The van der Waals surface area contributed by atoms with E-state index in [9.17, 15) is 9.90 Å². The highest BCUT2D eigenvalue weighted by Gasteiger charge is 2.09. The summed E-state index contributed by atoms with van der Waals surface area (Å²) in [5, 5.41) is 13.1. The monoisotopic (exact) mass is 281 g/mol. The minimum atomic E-state index is -0.343. The second-order valence-corrected chi connectivity index (χ2v) is 4.50. The summed E-state index contributed by atoms with van der Waals surface area (Å²) < 4.78 is 0. The average molecular weight is 282 g/mol. The molecule has 0 aliphatic carbocycles. The first-order valence-corrected chi connectivity index (χ1v) is 5.87. The minimum absolute atomic E-state index is 0.0401. The lowest BCUT2D eigenvalue weighted by Gasteiger charge is -2.07. The Labute approximate surface area is 114 Å². The zero-order chi connectivity index (χ0) is 13.1. The molecule has 0 bridgehead atoms. The van der Waals surface area contributed by atoms with Crippen molar-refractivity contribution in [3.8, 4) is 5.75 Å². The van der Waals surface area contributed by atoms with Gasteiger partial charge in [-0.2, -0.15) is 0 Å². The van der Waals surface area contributed by atoms with Crippen LogP contribution in [0.5, 0.6) is 5.75 Å². The van der Waals surface area contributed by atoms with Crippen molar-refractivity contribution in [1.29, 1.82) is 0 Å². The van der Waals surface area contributed by atoms with Crippen LogP contribution in [0.1, 0.15) is 10.4 Å². The van der Waals surface area contributed by atoms with Crippen molar-refractivity contribution in [2.24, 2.45) is 0 Å². The molecule has 18 heavy (non-hydrogen) atoms. The topological polar surface area (TPSA) is 49.3 Å². The van der Waals surface area contributed by atoms with E-state index in [0.717, 1.165) is 0 Å². The molecule has 0 spiro atoms. The van der Waals surface area contributed by atoms with Crippen molar-refractivity contribution in [1.82, 2.24) is 0 Å². The molecule has 0 radical (unpaired) electrons. The number of rotatable bonds is 2. The molecule has 92 valence electrons. The van der Waals surface area contributed by atoms with Gasteiger partial charge >= 0.3 is 0 Å². The van der Waals surface area contributed by atoms with Crippen LogP contribution in [0, 0.1) is 0 Å². The molecule has 2 N–H and O–H groups in total. The number of phenolic OH excluding ortho intramolecular Hbond substituents is 1. The Balaban J connectivity index is 2.21. The van der Waals surface area contributed by atoms with Gasteiger partial charge in [-0.15, -0.1) is 0 Å². The highest BCUT2D eigenvalue weighted by atomic mass is 35.5. The molecule has 0 fully saturated rings. The lowest BCUT2D eigenvalue weighted by atomic mass is 10.2. The summed E-state index contributed by atoms with van der Waals surface area (Å²) in [6.07, 6.45) is 0. The highest BCUT2D eigenvalue weighted by Crippen LogP contribution is 2.27. The Morgan fingerprint density at radius 1 is 1.00 bits per heavy atom. The summed E-state index contributed by atoms with van der Waals surface area (Å²) in [5.74, 6) is -0.383. The van der Waals surface area contributed by atoms with Crippen LogP contribution < -0.4 is 5.32 Å². The van der Waals surface area contributed by atoms with Gasteiger partial charge in [-0.25, -0.2) is 0 Å². The van der Waals surface area contributed by atoms with Gasteiger partial charge < -0.3 is 10.4 Å². The number of hydrogen-bond acceptors (Lipinski definition) is 2. The van der Waals surface area contributed by atoms with Gasteiger partial charge in [0, 0.05) is 15.6 Å². The third kappa shape index (κ3) is 2.94. The Hall–Kier alpha value is -1.71. The van der Waals surface area contributed by atoms with Crippen LogP contribution in [-0.4, -0.2) is 11.0 Å². The fraction of sp³-hybridized carbons (Fsp3) is 0. The molecular formula is C13H9Cl2NO2. The number of nitrogens with one attached hydrogen (secondary N) is 1. The summed E-state index contributed by atoms with van der Waals surface area (Å²) >= 11 is 11.5. The molecule has 0 heterocycles. The van der Waals surface area contributed by atoms with Gasteiger partial charge in [0.1, 0.15) is 5.75 Å². The number of phenols is 1. The second-order valence-electron chi connectivity index (χ2n) is 3.62. The fourth-order valence-electron chi connectivity index (χ4n) is 1.40. The quantitative estimate of drug-likeness (QED) is 0.819. The predicted octanol–water partition coefficient (Wildman–Crippen LogP) is 3.95. The van der Waals surface area contributed by atoms with Crippen LogP contribution in [-0.2, 0) is 0 Å². The summed E-state index contributed by atoms with van der Waals surface area (Å²) in [4.78, 5) is 11.9. The maximum absolute atomic E-state index is 11.9. The fourth-order valence-corrected chi connectivity index (χ4v) is 1.70. The number of hydrogen-bond donors (Lipinski definition) is 2. The van der Waals surface area contributed by atoms with Gasteiger partial charge in [0.15, 0.2) is 0 Å². The molecular weight excluding hydrogens is 273 g/mol. The molecule has 3 nitrogen and oxygen atoms in total. The number of anilines is 1. The molecule has 1 amide bonds. The number of aromatic hydroxyl groups is 1. The first-order chi connectivity index (χ1) is 8.56. The van der Waals surface area contributed by atoms with Gasteiger partial charge in [0.2, 0.25) is 0 Å². The second kappa shape index (κ2) is 5.29. The number of carbonyl (C=O) groups is 1. The normalized spacial score (nSPS) is 10.1. The third-order valence-corrected chi connectivity index (χ3v) is 2.80. The summed E-state index contributed by atoms with van der Waals surface area (Å²) in [7, 11) is 0. The smallest absolute Gasteiger partial charge is 0.255 e. The van der Waals surface area contributed by atoms with Crippen molar-refractivity contribution in [2.75, 3.05) is 5.32 Å². The number of benzene rings is 2. The van der Waals surface area contributed by atoms with Gasteiger partial charge in [0.05, 0.1) is 5.69 Å². The molecule has 5 heteroatoms. The summed E-state index contributed by atoms with van der Waals surface area (Å²) in [6.45, 7) is 0. The largest absolute Gasteiger partial charge is 0.506 e. The summed E-state index contributed by atoms with van der Waals surface area (Å²) in [5.41, 5.74) is 0.709. The molecule has 0 saturated heterocycles. The van der Waals surface area contributed by atoms with Crippen LogP contribution >= 0.6 is 23.2 Å². The van der Waals surface area contributed by atoms with E-state index in [0.29, 0.717) is 15.6 Å². The molecule has 0 aliphatic heterocycles. The van der Waals surface area contributed by atoms with Crippen molar-refractivity contribution >= 4 is 34.8 Å². The molecule has 2 aromatic carbocycles. The first kappa shape index (κ1) is 12.7.